The first-order valence-electron chi connectivity index (χ1n) is 31.0. The van der Waals surface area contributed by atoms with Gasteiger partial charge < -0.3 is 24.6 Å². The second kappa shape index (κ2) is 26.4. The third-order valence-electron chi connectivity index (χ3n) is 21.7. The number of hydrogen-bond donors (Lipinski definition) is 2. The van der Waals surface area contributed by atoms with Crippen LogP contribution in [-0.4, -0.2) is 132 Å². The average Bonchev–Trinajstić information content (AvgIpc) is 4.22. The molecule has 1 N–H and O–H groups in total. The van der Waals surface area contributed by atoms with Gasteiger partial charge in [-0.15, -0.1) is 0 Å². The van der Waals surface area contributed by atoms with Gasteiger partial charge in [-0.05, 0) is 177 Å². The fourth-order valence-corrected chi connectivity index (χ4v) is 21.0. The molecule has 3 heterocycles. The van der Waals surface area contributed by atoms with E-state index >= 15 is 0 Å². The number of fused-ring (bicyclic) bond motifs is 6. The molecule has 472 valence electrons. The van der Waals surface area contributed by atoms with E-state index in [4.69, 9.17) is 13.7 Å². The summed E-state index contributed by atoms with van der Waals surface area (Å²) in [6.45, 7) is 35.7. The van der Waals surface area contributed by atoms with E-state index in [9.17, 15) is 32.4 Å². The van der Waals surface area contributed by atoms with Crippen LogP contribution in [-0.2, 0) is 38.2 Å². The highest BCUT2D eigenvalue weighted by Gasteiger charge is 2.65. The minimum Gasteiger partial charge on any atom is -0.444 e. The minimum atomic E-state index is -3.85. The van der Waals surface area contributed by atoms with Gasteiger partial charge in [-0.1, -0.05) is 87.4 Å². The fourth-order valence-electron chi connectivity index (χ4n) is 15.9. The van der Waals surface area contributed by atoms with Gasteiger partial charge in [0, 0.05) is 89.4 Å². The van der Waals surface area contributed by atoms with Crippen molar-refractivity contribution in [1.82, 2.24) is 15.1 Å². The van der Waals surface area contributed by atoms with Gasteiger partial charge in [-0.25, -0.2) is 9.59 Å². The van der Waals surface area contributed by atoms with Crippen molar-refractivity contribution in [2.24, 2.45) is 68.0 Å². The summed E-state index contributed by atoms with van der Waals surface area (Å²) in [6, 6.07) is 7.07. The smallest absolute Gasteiger partial charge is 0.410 e. The van der Waals surface area contributed by atoms with Crippen LogP contribution in [0, 0.1) is 74.9 Å². The fraction of sp³-hybridized carbons (Fsp3) is 0.833. The van der Waals surface area contributed by atoms with Crippen LogP contribution in [0.2, 0.25) is 0 Å². The quantitative estimate of drug-likeness (QED) is 0.142. The number of nitrogens with one attached hydrogen (secondary N) is 1. The molecule has 10 rings (SSSR count). The van der Waals surface area contributed by atoms with Gasteiger partial charge in [0.1, 0.15) is 28.6 Å². The Labute approximate surface area is 516 Å². The molecule has 6 bridgehead atoms. The summed E-state index contributed by atoms with van der Waals surface area (Å²) in [7, 11) is -3.85. The van der Waals surface area contributed by atoms with E-state index in [1.165, 1.54) is 50.1 Å². The molecule has 12 atom stereocenters. The van der Waals surface area contributed by atoms with Crippen molar-refractivity contribution < 1.29 is 46.0 Å². The van der Waals surface area contributed by atoms with E-state index in [2.05, 4.69) is 73.3 Å². The Hall–Kier alpha value is -2.31. The molecule has 0 spiro atoms. The van der Waals surface area contributed by atoms with Gasteiger partial charge in [0.05, 0.1) is 17.5 Å². The molecule has 13 nitrogen and oxygen atoms in total. The van der Waals surface area contributed by atoms with Crippen molar-refractivity contribution in [1.29, 1.82) is 0 Å². The molecule has 0 aromatic heterocycles. The highest BCUT2D eigenvalue weighted by molar-refractivity contribution is 7.99. The maximum absolute atomic E-state index is 12.7. The van der Waals surface area contributed by atoms with E-state index < -0.39 is 27.4 Å². The number of likely N-dealkylation sites (tertiary alicyclic amines) is 2. The number of amides is 2. The lowest BCUT2D eigenvalue weighted by Crippen LogP contribution is -2.42. The summed E-state index contributed by atoms with van der Waals surface area (Å²) in [5.74, 6) is 9.77. The number of aryl methyl sites for hydroxylation is 1. The van der Waals surface area contributed by atoms with E-state index in [-0.39, 0.29) is 75.5 Å². The number of benzene rings is 1. The number of ether oxygens (including phenoxy) is 2. The first kappa shape index (κ1) is 69.8. The molecule has 17 heteroatoms. The number of hydrogen-bond acceptors (Lipinski definition) is 14. The molecule has 83 heavy (non-hydrogen) atoms. The minimum absolute atomic E-state index is 0. The first-order valence-corrected chi connectivity index (χ1v) is 35.3. The lowest BCUT2D eigenvalue weighted by molar-refractivity contribution is -0.128. The first-order chi connectivity index (χ1) is 37.9. The zero-order chi connectivity index (χ0) is 60.8. The maximum Gasteiger partial charge on any atom is 0.410 e. The van der Waals surface area contributed by atoms with Gasteiger partial charge >= 0.3 is 12.2 Å². The number of ketones is 3. The molecule has 9 aliphatic rings. The van der Waals surface area contributed by atoms with E-state index in [1.807, 2.05) is 63.0 Å². The number of carbonyl (C=O) groups excluding carboxylic acids is 5. The summed E-state index contributed by atoms with van der Waals surface area (Å²) in [5, 5.41) is 3.60. The van der Waals surface area contributed by atoms with E-state index in [0.29, 0.717) is 60.0 Å². The second-order valence-electron chi connectivity index (χ2n) is 30.4. The van der Waals surface area contributed by atoms with Crippen molar-refractivity contribution in [2.45, 2.75) is 229 Å². The van der Waals surface area contributed by atoms with Crippen molar-refractivity contribution in [3.63, 3.8) is 0 Å². The van der Waals surface area contributed by atoms with Gasteiger partial charge in [-0.3, -0.25) is 18.6 Å². The van der Waals surface area contributed by atoms with E-state index in [1.54, 1.807) is 37.8 Å². The Morgan fingerprint density at radius 3 is 1.41 bits per heavy atom. The molecular formula is C66H109N3O10S4. The molecule has 2 amide bonds. The summed E-state index contributed by atoms with van der Waals surface area (Å²) < 4.78 is 40.9. The monoisotopic (exact) mass is 1230 g/mol. The number of Topliss-reactive ketones (excluding diaryl/α,β-unsaturated/α-hetero) is 3. The molecular weight excluding hydrogens is 1120 g/mol. The Morgan fingerprint density at radius 1 is 0.639 bits per heavy atom. The third kappa shape index (κ3) is 14.7. The standard InChI is InChI=1S/C21H35NO3S.C18H27NO5S.C16H27NOS.C10H16OS.CH4/c1-14-9-16(22(11-14)18(24)25-19(2,3)4)12-26-13-21-8-7-15(10-17(21)23)20(21,5)6;1-13-6-8-16(9-7-13)25(21,22)23-12-15-10-14(2)11-19(15)17(20)24-18(3,4)5;1-11-6-13(17-8-11)9-19-10-16-5-4-12(7-14(16)18)15(16,2)3;1-9(2)7-3-4-10(9,6-12)8(11)5-7;/h14-16H,7-13H2,1-6H3;6-9,14-15H,10-12H2,1-5H3;11-13,17H,4-10H2,1-3H3;7,12H,3-6H2,1-2H3;1H4/t14-,15?,16+,21-;14-,15+;11-,12?,13+,16-;;/m111../s1. The molecule has 6 saturated carbocycles. The third-order valence-corrected chi connectivity index (χ3v) is 26.2. The number of rotatable bonds is 13. The van der Waals surface area contributed by atoms with Crippen LogP contribution >= 0.6 is 36.2 Å². The van der Waals surface area contributed by atoms with Crippen LogP contribution in [0.4, 0.5) is 9.59 Å². The van der Waals surface area contributed by atoms with Crippen LogP contribution in [0.25, 0.3) is 0 Å². The highest BCUT2D eigenvalue weighted by Crippen LogP contribution is 2.67. The lowest BCUT2D eigenvalue weighted by Gasteiger charge is -2.37. The highest BCUT2D eigenvalue weighted by atomic mass is 32.2. The number of thioether (sulfide) groups is 2. The van der Waals surface area contributed by atoms with Gasteiger partial charge in [0.25, 0.3) is 10.1 Å². The molecule has 0 radical (unpaired) electrons. The Bertz CT molecular complexity index is 2580. The molecule has 1 aromatic rings. The van der Waals surface area contributed by atoms with Crippen LogP contribution in [0.15, 0.2) is 29.2 Å². The van der Waals surface area contributed by atoms with E-state index in [0.717, 1.165) is 86.0 Å². The summed E-state index contributed by atoms with van der Waals surface area (Å²) in [4.78, 5) is 65.4. The maximum atomic E-state index is 12.7. The Morgan fingerprint density at radius 2 is 1.05 bits per heavy atom. The van der Waals surface area contributed by atoms with Crippen molar-refractivity contribution in [3.05, 3.63) is 29.8 Å². The zero-order valence-corrected chi connectivity index (χ0v) is 56.3. The number of nitrogens with zero attached hydrogens (tertiary/aromatic N) is 2. The molecule has 4 unspecified atom stereocenters. The van der Waals surface area contributed by atoms with Gasteiger partial charge in [0.15, 0.2) is 0 Å². The topological polar surface area (TPSA) is 166 Å². The van der Waals surface area contributed by atoms with Crippen LogP contribution in [0.1, 0.15) is 194 Å². The van der Waals surface area contributed by atoms with Crippen molar-refractivity contribution in [2.75, 3.05) is 55.0 Å². The molecule has 9 fully saturated rings. The molecule has 3 aliphatic heterocycles. The zero-order valence-electron chi connectivity index (χ0n) is 53.0. The largest absolute Gasteiger partial charge is 0.444 e. The summed E-state index contributed by atoms with van der Waals surface area (Å²) in [5.41, 5.74) is 0.307. The summed E-state index contributed by atoms with van der Waals surface area (Å²) in [6.07, 6.45) is 11.8. The van der Waals surface area contributed by atoms with Gasteiger partial charge in [0.2, 0.25) is 0 Å². The van der Waals surface area contributed by atoms with Gasteiger partial charge in [-0.2, -0.15) is 44.6 Å². The van der Waals surface area contributed by atoms with Crippen molar-refractivity contribution in [3.8, 4) is 0 Å². The van der Waals surface area contributed by atoms with Crippen molar-refractivity contribution >= 4 is 75.8 Å². The van der Waals surface area contributed by atoms with Crippen LogP contribution < -0.4 is 5.32 Å². The number of thiol groups is 1. The SMILES string of the molecule is C.CC1(C)C2CCC1(CS)C(=O)C2.C[C@@H]1C[C@@H](CSC[C@]23CCC(CC2=O)C3(C)C)N(C(=O)OC(C)(C)C)C1.C[C@H]1CN[C@H](CSC[C@]23CCC(CC2=O)C3(C)C)C1.Cc1ccc(S(=O)(=O)OC[C@@H]2C[C@@H](C)CN2C(=O)OC(C)(C)C)cc1. The predicted molar refractivity (Wildman–Crippen MR) is 342 cm³/mol. The Balaban J connectivity index is 0.000000182. The number of carbonyl (C=O) groups is 5. The average molecular weight is 1230 g/mol. The summed E-state index contributed by atoms with van der Waals surface area (Å²) >= 11 is 8.26. The second-order valence-corrected chi connectivity index (χ2v) is 34.4. The molecule has 6 aliphatic carbocycles. The van der Waals surface area contributed by atoms with Crippen LogP contribution in [0.5, 0.6) is 0 Å². The predicted octanol–water partition coefficient (Wildman–Crippen LogP) is 14.2. The normalized spacial score (nSPS) is 34.2. The van der Waals surface area contributed by atoms with Crippen LogP contribution in [0.3, 0.4) is 0 Å². The molecule has 3 saturated heterocycles. The molecule has 1 aromatic carbocycles. The Kier molecular flexibility index (Phi) is 22.2. The lowest BCUT2D eigenvalue weighted by atomic mass is 9.70.